The molecule has 0 spiro atoms. The molecule has 6 nitrogen and oxygen atoms in total. The number of anilines is 1. The molecule has 1 unspecified atom stereocenters. The topological polar surface area (TPSA) is 75.2 Å². The molecular formula is C24H18F2N4O2S. The van der Waals surface area contributed by atoms with Gasteiger partial charge in [-0.3, -0.25) is 14.6 Å². The third-order valence-electron chi connectivity index (χ3n) is 4.81. The number of nitrogens with zero attached hydrogens (tertiary/aromatic N) is 3. The highest BCUT2D eigenvalue weighted by Crippen LogP contribution is 2.28. The minimum Gasteiger partial charge on any atom is -0.324 e. The zero-order valence-electron chi connectivity index (χ0n) is 17.2. The first-order valence-electron chi connectivity index (χ1n) is 9.92. The molecule has 1 N–H and O–H groups in total. The number of carbonyl (C=O) groups excluding carboxylic acids is 2. The number of amides is 2. The molecule has 0 bridgehead atoms. The van der Waals surface area contributed by atoms with Crippen molar-refractivity contribution in [2.45, 2.75) is 12.6 Å². The minimum atomic E-state index is -1.12. The van der Waals surface area contributed by atoms with Crippen LogP contribution in [-0.4, -0.2) is 26.7 Å². The van der Waals surface area contributed by atoms with Gasteiger partial charge in [0.05, 0.1) is 12.7 Å². The van der Waals surface area contributed by atoms with Crippen LogP contribution < -0.4 is 5.32 Å². The van der Waals surface area contributed by atoms with Gasteiger partial charge in [-0.1, -0.05) is 18.2 Å². The molecule has 0 aliphatic heterocycles. The molecule has 0 aliphatic carbocycles. The lowest BCUT2D eigenvalue weighted by molar-refractivity contribution is -0.121. The first kappa shape index (κ1) is 22.2. The van der Waals surface area contributed by atoms with Crippen LogP contribution in [0.15, 0.2) is 84.6 Å². The Bertz CT molecular complexity index is 1220. The summed E-state index contributed by atoms with van der Waals surface area (Å²) in [6.07, 6.45) is 4.16. The molecule has 2 heterocycles. The van der Waals surface area contributed by atoms with Crippen molar-refractivity contribution < 1.29 is 18.4 Å². The first-order valence-corrected chi connectivity index (χ1v) is 10.8. The Hall–Kier alpha value is -3.98. The Morgan fingerprint density at radius 3 is 2.27 bits per heavy atom. The molecule has 0 radical (unpaired) electrons. The molecule has 33 heavy (non-hydrogen) atoms. The second-order valence-electron chi connectivity index (χ2n) is 7.05. The molecule has 1 atom stereocenters. The summed E-state index contributed by atoms with van der Waals surface area (Å²) < 4.78 is 26.9. The Morgan fingerprint density at radius 2 is 1.67 bits per heavy atom. The van der Waals surface area contributed by atoms with Crippen molar-refractivity contribution in [3.63, 3.8) is 0 Å². The van der Waals surface area contributed by atoms with Crippen molar-refractivity contribution in [3.05, 3.63) is 112 Å². The lowest BCUT2D eigenvalue weighted by atomic mass is 10.0. The Balaban J connectivity index is 1.76. The van der Waals surface area contributed by atoms with E-state index in [1.165, 1.54) is 83.4 Å². The molecular weight excluding hydrogens is 446 g/mol. The average molecular weight is 464 g/mol. The maximum atomic E-state index is 13.6. The quantitative estimate of drug-likeness (QED) is 0.425. The van der Waals surface area contributed by atoms with E-state index < -0.39 is 29.5 Å². The van der Waals surface area contributed by atoms with Gasteiger partial charge in [0.2, 0.25) is 0 Å². The SMILES string of the molecule is O=C(Nc1ccc(F)cc1)C(c1ccc(F)cc1)N(Cc1cccs1)C(=O)c1cnccn1. The van der Waals surface area contributed by atoms with Gasteiger partial charge < -0.3 is 10.2 Å². The summed E-state index contributed by atoms with van der Waals surface area (Å²) in [4.78, 5) is 37.2. The molecule has 2 aromatic heterocycles. The summed E-state index contributed by atoms with van der Waals surface area (Å²) in [7, 11) is 0. The molecule has 2 amide bonds. The van der Waals surface area contributed by atoms with Gasteiger partial charge in [-0.25, -0.2) is 13.8 Å². The summed E-state index contributed by atoms with van der Waals surface area (Å²) >= 11 is 1.43. The van der Waals surface area contributed by atoms with E-state index in [9.17, 15) is 18.4 Å². The van der Waals surface area contributed by atoms with Gasteiger partial charge in [0.1, 0.15) is 23.4 Å². The van der Waals surface area contributed by atoms with Crippen LogP contribution >= 0.6 is 11.3 Å². The van der Waals surface area contributed by atoms with E-state index in [4.69, 9.17) is 0 Å². The Kier molecular flexibility index (Phi) is 6.80. The van der Waals surface area contributed by atoms with E-state index in [2.05, 4.69) is 15.3 Å². The Labute approximate surface area is 192 Å². The minimum absolute atomic E-state index is 0.0655. The lowest BCUT2D eigenvalue weighted by Gasteiger charge is -2.31. The number of rotatable bonds is 7. The maximum Gasteiger partial charge on any atom is 0.275 e. The van der Waals surface area contributed by atoms with Crippen LogP contribution in [-0.2, 0) is 11.3 Å². The van der Waals surface area contributed by atoms with Crippen LogP contribution in [0.3, 0.4) is 0 Å². The number of carbonyl (C=O) groups is 2. The van der Waals surface area contributed by atoms with Crippen LogP contribution in [0.4, 0.5) is 14.5 Å². The molecule has 0 saturated heterocycles. The second-order valence-corrected chi connectivity index (χ2v) is 8.09. The average Bonchev–Trinajstić information content (AvgIpc) is 3.35. The van der Waals surface area contributed by atoms with Crippen LogP contribution in [0.2, 0.25) is 0 Å². The van der Waals surface area contributed by atoms with Crippen LogP contribution in [0, 0.1) is 11.6 Å². The smallest absolute Gasteiger partial charge is 0.275 e. The van der Waals surface area contributed by atoms with E-state index in [0.717, 1.165) is 4.88 Å². The number of thiophene rings is 1. The van der Waals surface area contributed by atoms with Crippen LogP contribution in [0.25, 0.3) is 0 Å². The van der Waals surface area contributed by atoms with Crippen molar-refractivity contribution >= 4 is 28.8 Å². The monoisotopic (exact) mass is 464 g/mol. The molecule has 4 aromatic rings. The number of hydrogen-bond acceptors (Lipinski definition) is 5. The van der Waals surface area contributed by atoms with Crippen molar-refractivity contribution in [2.24, 2.45) is 0 Å². The van der Waals surface area contributed by atoms with Gasteiger partial charge in [0, 0.05) is 23.0 Å². The van der Waals surface area contributed by atoms with E-state index in [-0.39, 0.29) is 12.2 Å². The predicted octanol–water partition coefficient (Wildman–Crippen LogP) is 4.84. The van der Waals surface area contributed by atoms with Gasteiger partial charge in [0.25, 0.3) is 11.8 Å². The summed E-state index contributed by atoms with van der Waals surface area (Å²) in [5.41, 5.74) is 0.831. The van der Waals surface area contributed by atoms with Gasteiger partial charge >= 0.3 is 0 Å². The maximum absolute atomic E-state index is 13.6. The second kappa shape index (κ2) is 10.1. The van der Waals surface area contributed by atoms with Gasteiger partial charge in [-0.2, -0.15) is 0 Å². The molecule has 0 saturated carbocycles. The predicted molar refractivity (Wildman–Crippen MR) is 120 cm³/mol. The summed E-state index contributed by atoms with van der Waals surface area (Å²) in [5, 5.41) is 4.59. The van der Waals surface area contributed by atoms with Gasteiger partial charge in [-0.05, 0) is 53.4 Å². The Morgan fingerprint density at radius 1 is 0.970 bits per heavy atom. The standard InChI is InChI=1S/C24H18F2N4O2S/c25-17-5-3-16(4-6-17)22(23(31)29-19-9-7-18(26)8-10-19)30(15-20-2-1-13-33-20)24(32)21-14-27-11-12-28-21/h1-14,22H,15H2,(H,29,31). The van der Waals surface area contributed by atoms with Gasteiger partial charge in [0.15, 0.2) is 0 Å². The van der Waals surface area contributed by atoms with Crippen molar-refractivity contribution in [1.82, 2.24) is 14.9 Å². The fraction of sp³-hybridized carbons (Fsp3) is 0.0833. The van der Waals surface area contributed by atoms with E-state index in [0.29, 0.717) is 11.3 Å². The summed E-state index contributed by atoms with van der Waals surface area (Å²) in [5.74, 6) is -1.97. The zero-order chi connectivity index (χ0) is 23.2. The molecule has 9 heteroatoms. The van der Waals surface area contributed by atoms with E-state index >= 15 is 0 Å². The zero-order valence-corrected chi connectivity index (χ0v) is 18.0. The lowest BCUT2D eigenvalue weighted by Crippen LogP contribution is -2.41. The number of nitrogens with one attached hydrogen (secondary N) is 1. The summed E-state index contributed by atoms with van der Waals surface area (Å²) in [6, 6.07) is 13.2. The first-order chi connectivity index (χ1) is 16.0. The fourth-order valence-electron chi connectivity index (χ4n) is 3.27. The fourth-order valence-corrected chi connectivity index (χ4v) is 3.97. The highest BCUT2D eigenvalue weighted by atomic mass is 32.1. The van der Waals surface area contributed by atoms with Crippen LogP contribution in [0.5, 0.6) is 0 Å². The van der Waals surface area contributed by atoms with Crippen molar-refractivity contribution in [3.8, 4) is 0 Å². The number of benzene rings is 2. The molecule has 2 aromatic carbocycles. The number of hydrogen-bond donors (Lipinski definition) is 1. The third kappa shape index (κ3) is 5.45. The van der Waals surface area contributed by atoms with E-state index in [1.54, 1.807) is 0 Å². The van der Waals surface area contributed by atoms with Crippen molar-refractivity contribution in [1.29, 1.82) is 0 Å². The van der Waals surface area contributed by atoms with Crippen molar-refractivity contribution in [2.75, 3.05) is 5.32 Å². The molecule has 0 aliphatic rings. The van der Waals surface area contributed by atoms with E-state index in [1.807, 2.05) is 17.5 Å². The summed E-state index contributed by atoms with van der Waals surface area (Å²) in [6.45, 7) is 0.117. The molecule has 4 rings (SSSR count). The van der Waals surface area contributed by atoms with Gasteiger partial charge in [-0.15, -0.1) is 11.3 Å². The largest absolute Gasteiger partial charge is 0.324 e. The normalized spacial score (nSPS) is 11.6. The molecule has 166 valence electrons. The highest BCUT2D eigenvalue weighted by Gasteiger charge is 2.33. The molecule has 0 fully saturated rings. The number of aromatic nitrogens is 2. The number of halogens is 2. The third-order valence-corrected chi connectivity index (χ3v) is 5.67. The van der Waals surface area contributed by atoms with Crippen LogP contribution in [0.1, 0.15) is 27.0 Å². The highest BCUT2D eigenvalue weighted by molar-refractivity contribution is 7.09.